The first kappa shape index (κ1) is 13.9. The molecule has 1 aromatic carbocycles. The minimum atomic E-state index is -1.29. The van der Waals surface area contributed by atoms with Gasteiger partial charge in [0.1, 0.15) is 18.3 Å². The quantitative estimate of drug-likeness (QED) is 0.516. The average Bonchev–Trinajstić information content (AvgIpc) is 3.01. The van der Waals surface area contributed by atoms with Crippen molar-refractivity contribution in [1.29, 1.82) is 0 Å². The fourth-order valence-corrected chi connectivity index (χ4v) is 2.50. The molecular formula is C12H13N3O6. The number of aromatic nitrogens is 2. The summed E-state index contributed by atoms with van der Waals surface area (Å²) in [6, 6.07) is 4.45. The molecule has 1 aliphatic heterocycles. The van der Waals surface area contributed by atoms with Gasteiger partial charge in [-0.25, -0.2) is 4.68 Å². The van der Waals surface area contributed by atoms with Crippen LogP contribution in [0.4, 0.5) is 5.69 Å². The van der Waals surface area contributed by atoms with Gasteiger partial charge in [-0.15, -0.1) is 0 Å². The number of aliphatic hydroxyl groups is 3. The van der Waals surface area contributed by atoms with Crippen LogP contribution >= 0.6 is 0 Å². The van der Waals surface area contributed by atoms with Gasteiger partial charge < -0.3 is 20.1 Å². The van der Waals surface area contributed by atoms with Gasteiger partial charge in [0, 0.05) is 6.07 Å². The van der Waals surface area contributed by atoms with Crippen molar-refractivity contribution in [3.63, 3.8) is 0 Å². The van der Waals surface area contributed by atoms with E-state index in [1.165, 1.54) is 23.0 Å². The first-order valence-corrected chi connectivity index (χ1v) is 6.27. The van der Waals surface area contributed by atoms with Gasteiger partial charge in [-0.3, -0.25) is 10.1 Å². The molecule has 2 heterocycles. The summed E-state index contributed by atoms with van der Waals surface area (Å²) in [6.07, 6.45) is -3.18. The second kappa shape index (κ2) is 5.04. The molecule has 21 heavy (non-hydrogen) atoms. The van der Waals surface area contributed by atoms with Crippen molar-refractivity contribution in [1.82, 2.24) is 9.78 Å². The van der Waals surface area contributed by atoms with Crippen LogP contribution in [-0.4, -0.2) is 54.9 Å². The predicted octanol–water partition coefficient (Wildman–Crippen LogP) is -0.444. The largest absolute Gasteiger partial charge is 0.394 e. The predicted molar refractivity (Wildman–Crippen MR) is 69.4 cm³/mol. The molecule has 3 rings (SSSR count). The molecule has 9 nitrogen and oxygen atoms in total. The Morgan fingerprint density at radius 2 is 2.14 bits per heavy atom. The summed E-state index contributed by atoms with van der Waals surface area (Å²) < 4.78 is 6.64. The lowest BCUT2D eigenvalue weighted by molar-refractivity contribution is -0.383. The molecule has 9 heteroatoms. The van der Waals surface area contributed by atoms with E-state index >= 15 is 0 Å². The highest BCUT2D eigenvalue weighted by atomic mass is 16.6. The Balaban J connectivity index is 2.06. The van der Waals surface area contributed by atoms with Crippen molar-refractivity contribution in [2.45, 2.75) is 24.5 Å². The van der Waals surface area contributed by atoms with E-state index in [0.29, 0.717) is 10.9 Å². The topological polar surface area (TPSA) is 131 Å². The number of ether oxygens (including phenoxy) is 1. The standard InChI is InChI=1S/C12H13N3O6/c16-5-9-10(17)11(18)12(21-9)14-7-2-1-3-8(15(19)20)6(7)4-13-14/h1-4,9-12,16-18H,5H2/t9-,10-,11-,12-/m1/s1. The van der Waals surface area contributed by atoms with E-state index in [1.54, 1.807) is 6.07 Å². The van der Waals surface area contributed by atoms with Gasteiger partial charge in [-0.2, -0.15) is 5.10 Å². The molecule has 1 saturated heterocycles. The minimum Gasteiger partial charge on any atom is -0.394 e. The fourth-order valence-electron chi connectivity index (χ4n) is 2.50. The van der Waals surface area contributed by atoms with Crippen molar-refractivity contribution in [2.24, 2.45) is 0 Å². The molecule has 0 bridgehead atoms. The third-order valence-corrected chi connectivity index (χ3v) is 3.57. The van der Waals surface area contributed by atoms with Crippen LogP contribution in [0.15, 0.2) is 24.4 Å². The normalized spacial score (nSPS) is 29.1. The number of aliphatic hydroxyl groups excluding tert-OH is 3. The van der Waals surface area contributed by atoms with Crippen molar-refractivity contribution in [3.8, 4) is 0 Å². The summed E-state index contributed by atoms with van der Waals surface area (Å²) in [5.74, 6) is 0. The molecule has 0 unspecified atom stereocenters. The average molecular weight is 295 g/mol. The Labute approximate surface area is 118 Å². The van der Waals surface area contributed by atoms with E-state index in [4.69, 9.17) is 9.84 Å². The van der Waals surface area contributed by atoms with E-state index in [0.717, 1.165) is 0 Å². The Morgan fingerprint density at radius 1 is 1.38 bits per heavy atom. The highest BCUT2D eigenvalue weighted by Crippen LogP contribution is 2.33. The molecule has 1 aromatic heterocycles. The number of hydrogen-bond donors (Lipinski definition) is 3. The molecule has 0 spiro atoms. The highest BCUT2D eigenvalue weighted by Gasteiger charge is 2.44. The maximum Gasteiger partial charge on any atom is 0.280 e. The number of non-ortho nitro benzene ring substituents is 1. The van der Waals surface area contributed by atoms with Gasteiger partial charge in [0.05, 0.1) is 28.6 Å². The SMILES string of the molecule is O=[N+]([O-])c1cccc2c1cnn2[C@@H]1O[C@H](CO)[C@@H](O)[C@H]1O. The number of rotatable bonds is 3. The summed E-state index contributed by atoms with van der Waals surface area (Å²) in [4.78, 5) is 10.5. The molecule has 0 aliphatic carbocycles. The van der Waals surface area contributed by atoms with Crippen LogP contribution in [-0.2, 0) is 4.74 Å². The van der Waals surface area contributed by atoms with Crippen LogP contribution in [0, 0.1) is 10.1 Å². The number of benzene rings is 1. The van der Waals surface area contributed by atoms with Crippen LogP contribution in [0.1, 0.15) is 6.23 Å². The van der Waals surface area contributed by atoms with Crippen LogP contribution in [0.2, 0.25) is 0 Å². The molecule has 4 atom stereocenters. The second-order valence-corrected chi connectivity index (χ2v) is 4.79. The van der Waals surface area contributed by atoms with Crippen molar-refractivity contribution in [3.05, 3.63) is 34.5 Å². The van der Waals surface area contributed by atoms with Gasteiger partial charge in [0.15, 0.2) is 6.23 Å². The third-order valence-electron chi connectivity index (χ3n) is 3.57. The number of hydrogen-bond acceptors (Lipinski definition) is 7. The molecule has 0 radical (unpaired) electrons. The molecule has 112 valence electrons. The zero-order valence-corrected chi connectivity index (χ0v) is 10.7. The lowest BCUT2D eigenvalue weighted by Gasteiger charge is -2.16. The second-order valence-electron chi connectivity index (χ2n) is 4.79. The van der Waals surface area contributed by atoms with E-state index in [-0.39, 0.29) is 5.69 Å². The minimum absolute atomic E-state index is 0.106. The molecule has 1 fully saturated rings. The number of nitrogens with zero attached hydrogens (tertiary/aromatic N) is 3. The number of nitro groups is 1. The van der Waals surface area contributed by atoms with Crippen molar-refractivity contribution < 1.29 is 25.0 Å². The van der Waals surface area contributed by atoms with E-state index in [2.05, 4.69) is 5.10 Å². The Bertz CT molecular complexity index is 687. The first-order valence-electron chi connectivity index (χ1n) is 6.27. The smallest absolute Gasteiger partial charge is 0.280 e. The summed E-state index contributed by atoms with van der Waals surface area (Å²) in [7, 11) is 0. The zero-order valence-electron chi connectivity index (χ0n) is 10.7. The summed E-state index contributed by atoms with van der Waals surface area (Å²) >= 11 is 0. The van der Waals surface area contributed by atoms with Gasteiger partial charge in [0.2, 0.25) is 0 Å². The molecule has 2 aromatic rings. The summed E-state index contributed by atoms with van der Waals surface area (Å²) in [5, 5.41) is 44.1. The molecule has 0 saturated carbocycles. The van der Waals surface area contributed by atoms with Gasteiger partial charge >= 0.3 is 0 Å². The summed E-state index contributed by atoms with van der Waals surface area (Å²) in [5.41, 5.74) is 0.296. The monoisotopic (exact) mass is 295 g/mol. The Kier molecular flexibility index (Phi) is 3.33. The molecule has 3 N–H and O–H groups in total. The third kappa shape index (κ3) is 2.07. The Morgan fingerprint density at radius 3 is 2.76 bits per heavy atom. The Hall–Kier alpha value is -2.07. The van der Waals surface area contributed by atoms with E-state index < -0.39 is 36.1 Å². The van der Waals surface area contributed by atoms with Gasteiger partial charge in [-0.05, 0) is 6.07 Å². The maximum absolute atomic E-state index is 11.0. The maximum atomic E-state index is 11.0. The lowest BCUT2D eigenvalue weighted by Crippen LogP contribution is -2.33. The summed E-state index contributed by atoms with van der Waals surface area (Å²) in [6.45, 7) is -0.450. The number of fused-ring (bicyclic) bond motifs is 1. The first-order chi connectivity index (χ1) is 10.0. The highest BCUT2D eigenvalue weighted by molar-refractivity contribution is 5.87. The van der Waals surface area contributed by atoms with Crippen LogP contribution in [0.3, 0.4) is 0 Å². The zero-order chi connectivity index (χ0) is 15.1. The van der Waals surface area contributed by atoms with Crippen LogP contribution < -0.4 is 0 Å². The fraction of sp³-hybridized carbons (Fsp3) is 0.417. The van der Waals surface area contributed by atoms with Crippen LogP contribution in [0.25, 0.3) is 10.9 Å². The number of nitro benzene ring substituents is 1. The molecule has 1 aliphatic rings. The van der Waals surface area contributed by atoms with Crippen LogP contribution in [0.5, 0.6) is 0 Å². The van der Waals surface area contributed by atoms with E-state index in [9.17, 15) is 20.3 Å². The molecule has 0 amide bonds. The van der Waals surface area contributed by atoms with E-state index in [1.807, 2.05) is 0 Å². The molecular weight excluding hydrogens is 282 g/mol. The van der Waals surface area contributed by atoms with Crippen molar-refractivity contribution in [2.75, 3.05) is 6.61 Å². The van der Waals surface area contributed by atoms with Gasteiger partial charge in [-0.1, -0.05) is 6.07 Å². The lowest BCUT2D eigenvalue weighted by atomic mass is 10.1. The van der Waals surface area contributed by atoms with Gasteiger partial charge in [0.25, 0.3) is 5.69 Å². The van der Waals surface area contributed by atoms with Crippen molar-refractivity contribution >= 4 is 16.6 Å².